The normalized spacial score (nSPS) is 12.3. The van der Waals surface area contributed by atoms with E-state index >= 15 is 0 Å². The fourth-order valence-electron chi connectivity index (χ4n) is 1.58. The number of halogens is 2. The highest BCUT2D eigenvalue weighted by Crippen LogP contribution is 2.26. The van der Waals surface area contributed by atoms with Gasteiger partial charge in [-0.25, -0.2) is 8.42 Å². The van der Waals surface area contributed by atoms with Gasteiger partial charge in [0.05, 0.1) is 11.2 Å². The average molecular weight is 385 g/mol. The van der Waals surface area contributed by atoms with Crippen LogP contribution in [0.3, 0.4) is 0 Å². The fourth-order valence-corrected chi connectivity index (χ4v) is 4.91. The molecule has 0 bridgehead atoms. The van der Waals surface area contributed by atoms with Crippen molar-refractivity contribution in [3.05, 3.63) is 32.0 Å². The molecule has 19 heavy (non-hydrogen) atoms. The molecule has 0 aromatic carbocycles. The summed E-state index contributed by atoms with van der Waals surface area (Å²) in [5, 5.41) is 5.89. The van der Waals surface area contributed by atoms with E-state index in [0.29, 0.717) is 6.54 Å². The molecule has 0 aliphatic heterocycles. The van der Waals surface area contributed by atoms with Crippen molar-refractivity contribution in [2.75, 3.05) is 7.05 Å². The molecule has 2 rings (SSSR count). The number of sulfonamides is 1. The van der Waals surface area contributed by atoms with E-state index < -0.39 is 10.0 Å². The molecule has 0 fully saturated rings. The predicted octanol–water partition coefficient (Wildman–Crippen LogP) is 2.72. The Kier molecular flexibility index (Phi) is 4.36. The lowest BCUT2D eigenvalue weighted by atomic mass is 10.5. The molecule has 2 aromatic rings. The molecule has 5 nitrogen and oxygen atoms in total. The van der Waals surface area contributed by atoms with E-state index in [2.05, 4.69) is 21.0 Å². The molecule has 0 atom stereocenters. The van der Waals surface area contributed by atoms with Crippen LogP contribution in [-0.2, 0) is 23.6 Å². The van der Waals surface area contributed by atoms with E-state index in [1.807, 2.05) is 11.4 Å². The standard InChI is InChI=1S/C10H11BrClN3O2S2/c1-14(5-8-3-7(11)6-18-8)19(16,17)10-9(12)4-13-15(10)2/h3-4,6H,5H2,1-2H3. The second-order valence-corrected chi connectivity index (χ2v) is 8.19. The van der Waals surface area contributed by atoms with Gasteiger partial charge in [-0.05, 0) is 22.0 Å². The van der Waals surface area contributed by atoms with E-state index in [0.717, 1.165) is 9.35 Å². The van der Waals surface area contributed by atoms with Gasteiger partial charge in [-0.3, -0.25) is 4.68 Å². The van der Waals surface area contributed by atoms with Gasteiger partial charge in [-0.15, -0.1) is 11.3 Å². The molecule has 0 saturated heterocycles. The molecule has 0 saturated carbocycles. The number of aromatic nitrogens is 2. The Balaban J connectivity index is 2.30. The highest BCUT2D eigenvalue weighted by molar-refractivity contribution is 9.10. The summed E-state index contributed by atoms with van der Waals surface area (Å²) in [5.41, 5.74) is 0. The first-order chi connectivity index (χ1) is 8.82. The average Bonchev–Trinajstić information content (AvgIpc) is 2.85. The summed E-state index contributed by atoms with van der Waals surface area (Å²) in [7, 11) is -0.583. The molecular weight excluding hydrogens is 374 g/mol. The first-order valence-electron chi connectivity index (χ1n) is 5.19. The van der Waals surface area contributed by atoms with Crippen LogP contribution in [0.5, 0.6) is 0 Å². The largest absolute Gasteiger partial charge is 0.261 e. The van der Waals surface area contributed by atoms with Gasteiger partial charge in [-0.1, -0.05) is 11.6 Å². The Morgan fingerprint density at radius 1 is 1.58 bits per heavy atom. The maximum absolute atomic E-state index is 12.4. The zero-order valence-corrected chi connectivity index (χ0v) is 14.1. The molecule has 2 heterocycles. The van der Waals surface area contributed by atoms with Crippen LogP contribution in [0.25, 0.3) is 0 Å². The zero-order valence-electron chi connectivity index (χ0n) is 10.2. The molecule has 104 valence electrons. The van der Waals surface area contributed by atoms with Crippen molar-refractivity contribution in [3.63, 3.8) is 0 Å². The lowest BCUT2D eigenvalue weighted by molar-refractivity contribution is 0.460. The van der Waals surface area contributed by atoms with Gasteiger partial charge >= 0.3 is 0 Å². The van der Waals surface area contributed by atoms with Crippen molar-refractivity contribution >= 4 is 48.9 Å². The predicted molar refractivity (Wildman–Crippen MR) is 78.9 cm³/mol. The molecule has 0 unspecified atom stereocenters. The highest BCUT2D eigenvalue weighted by Gasteiger charge is 2.27. The molecule has 0 radical (unpaired) electrons. The summed E-state index contributed by atoms with van der Waals surface area (Å²) < 4.78 is 28.3. The number of hydrogen-bond donors (Lipinski definition) is 0. The second kappa shape index (κ2) is 5.53. The Labute approximate surface area is 129 Å². The van der Waals surface area contributed by atoms with Crippen LogP contribution in [0, 0.1) is 0 Å². The van der Waals surface area contributed by atoms with Gasteiger partial charge in [0.15, 0.2) is 5.03 Å². The quantitative estimate of drug-likeness (QED) is 0.814. The lowest BCUT2D eigenvalue weighted by Gasteiger charge is -2.16. The molecule has 0 N–H and O–H groups in total. The van der Waals surface area contributed by atoms with Crippen molar-refractivity contribution in [2.24, 2.45) is 7.05 Å². The molecular formula is C10H11BrClN3O2S2. The van der Waals surface area contributed by atoms with Crippen molar-refractivity contribution in [1.82, 2.24) is 14.1 Å². The van der Waals surface area contributed by atoms with Crippen LogP contribution in [0.4, 0.5) is 0 Å². The van der Waals surface area contributed by atoms with Gasteiger partial charge in [0.1, 0.15) is 0 Å². The van der Waals surface area contributed by atoms with Crippen LogP contribution in [0.15, 0.2) is 27.1 Å². The van der Waals surface area contributed by atoms with Crippen LogP contribution in [0.1, 0.15) is 4.88 Å². The minimum Gasteiger partial charge on any atom is -0.255 e. The van der Waals surface area contributed by atoms with E-state index in [-0.39, 0.29) is 10.0 Å². The van der Waals surface area contributed by atoms with Gasteiger partial charge in [-0.2, -0.15) is 9.40 Å². The maximum atomic E-state index is 12.4. The smallest absolute Gasteiger partial charge is 0.255 e. The Hall–Kier alpha value is -0.410. The highest BCUT2D eigenvalue weighted by atomic mass is 79.9. The lowest BCUT2D eigenvalue weighted by Crippen LogP contribution is -2.28. The van der Waals surface area contributed by atoms with Gasteiger partial charge in [0, 0.05) is 35.4 Å². The topological polar surface area (TPSA) is 55.2 Å². The summed E-state index contributed by atoms with van der Waals surface area (Å²) in [4.78, 5) is 0.941. The molecule has 0 aliphatic rings. The Bertz CT molecular complexity index is 676. The van der Waals surface area contributed by atoms with E-state index in [1.54, 1.807) is 7.05 Å². The monoisotopic (exact) mass is 383 g/mol. The fraction of sp³-hybridized carbons (Fsp3) is 0.300. The third kappa shape index (κ3) is 3.03. The summed E-state index contributed by atoms with van der Waals surface area (Å²) in [6, 6.07) is 1.89. The number of aryl methyl sites for hydroxylation is 1. The molecule has 0 aliphatic carbocycles. The number of nitrogens with zero attached hydrogens (tertiary/aromatic N) is 3. The molecule has 2 aromatic heterocycles. The summed E-state index contributed by atoms with van der Waals surface area (Å²) in [6.45, 7) is 0.292. The SMILES string of the molecule is CN(Cc1cc(Br)cs1)S(=O)(=O)c1c(Cl)cnn1C. The van der Waals surface area contributed by atoms with E-state index in [9.17, 15) is 8.42 Å². The van der Waals surface area contributed by atoms with Crippen molar-refractivity contribution in [3.8, 4) is 0 Å². The first kappa shape index (κ1) is 15.0. The molecule has 9 heteroatoms. The summed E-state index contributed by atoms with van der Waals surface area (Å²) >= 11 is 10.7. The minimum atomic E-state index is -3.65. The number of rotatable bonds is 4. The maximum Gasteiger partial charge on any atom is 0.261 e. The van der Waals surface area contributed by atoms with E-state index in [1.165, 1.54) is 33.6 Å². The van der Waals surface area contributed by atoms with E-state index in [4.69, 9.17) is 11.6 Å². The van der Waals surface area contributed by atoms with Crippen molar-refractivity contribution in [1.29, 1.82) is 0 Å². The Morgan fingerprint density at radius 2 is 2.26 bits per heavy atom. The van der Waals surface area contributed by atoms with Gasteiger partial charge < -0.3 is 0 Å². The van der Waals surface area contributed by atoms with Crippen LogP contribution < -0.4 is 0 Å². The minimum absolute atomic E-state index is 0.00675. The van der Waals surface area contributed by atoms with Crippen LogP contribution in [-0.4, -0.2) is 29.6 Å². The first-order valence-corrected chi connectivity index (χ1v) is 8.68. The number of thiophene rings is 1. The zero-order chi connectivity index (χ0) is 14.2. The molecule has 0 amide bonds. The summed E-state index contributed by atoms with van der Waals surface area (Å²) in [6.07, 6.45) is 1.32. The molecule has 0 spiro atoms. The van der Waals surface area contributed by atoms with Crippen molar-refractivity contribution < 1.29 is 8.42 Å². The second-order valence-electron chi connectivity index (χ2n) is 3.91. The van der Waals surface area contributed by atoms with Gasteiger partial charge in [0.2, 0.25) is 0 Å². The van der Waals surface area contributed by atoms with Gasteiger partial charge in [0.25, 0.3) is 10.0 Å². The third-order valence-electron chi connectivity index (χ3n) is 2.50. The van der Waals surface area contributed by atoms with Crippen LogP contribution >= 0.6 is 38.9 Å². The summed E-state index contributed by atoms with van der Waals surface area (Å²) in [5.74, 6) is 0. The third-order valence-corrected chi connectivity index (χ3v) is 6.49. The van der Waals surface area contributed by atoms with Crippen molar-refractivity contribution in [2.45, 2.75) is 11.6 Å². The Morgan fingerprint density at radius 3 is 2.74 bits per heavy atom. The number of hydrogen-bond acceptors (Lipinski definition) is 4. The van der Waals surface area contributed by atoms with Crippen LogP contribution in [0.2, 0.25) is 5.02 Å².